The Kier molecular flexibility index (Phi) is 2.88. The third-order valence-electron chi connectivity index (χ3n) is 2.38. The molecular formula is C12H12N4. The zero-order valence-electron chi connectivity index (χ0n) is 9.01. The summed E-state index contributed by atoms with van der Waals surface area (Å²) in [6, 6.07) is 9.76. The standard InChI is InChI=1S/C12H12N4/c1-14-12-7-10(4-5-15-12)9-16-6-2-3-11(16)8-13/h2-7H,9H2,1H3,(H,14,15). The molecule has 0 amide bonds. The number of pyridine rings is 1. The molecule has 0 bridgehead atoms. The van der Waals surface area contributed by atoms with E-state index in [0.29, 0.717) is 12.2 Å². The van der Waals surface area contributed by atoms with Crippen molar-refractivity contribution in [2.45, 2.75) is 6.54 Å². The second-order valence-corrected chi connectivity index (χ2v) is 3.43. The van der Waals surface area contributed by atoms with Crippen LogP contribution in [0.3, 0.4) is 0 Å². The third-order valence-corrected chi connectivity index (χ3v) is 2.38. The zero-order chi connectivity index (χ0) is 11.4. The van der Waals surface area contributed by atoms with Gasteiger partial charge >= 0.3 is 0 Å². The van der Waals surface area contributed by atoms with Gasteiger partial charge in [0.05, 0.1) is 0 Å². The molecule has 0 unspecified atom stereocenters. The molecule has 4 heteroatoms. The summed E-state index contributed by atoms with van der Waals surface area (Å²) in [4.78, 5) is 4.14. The first kappa shape index (κ1) is 10.2. The molecule has 0 spiro atoms. The molecule has 2 rings (SSSR count). The van der Waals surface area contributed by atoms with Gasteiger partial charge in [-0.15, -0.1) is 0 Å². The lowest BCUT2D eigenvalue weighted by molar-refractivity contribution is 0.792. The number of aromatic nitrogens is 2. The smallest absolute Gasteiger partial charge is 0.125 e. The van der Waals surface area contributed by atoms with Crippen LogP contribution in [0.1, 0.15) is 11.3 Å². The number of anilines is 1. The fraction of sp³-hybridized carbons (Fsp3) is 0.167. The van der Waals surface area contributed by atoms with Crippen molar-refractivity contribution < 1.29 is 0 Å². The lowest BCUT2D eigenvalue weighted by atomic mass is 10.2. The third kappa shape index (κ3) is 2.04. The van der Waals surface area contributed by atoms with Crippen molar-refractivity contribution >= 4 is 5.82 Å². The minimum Gasteiger partial charge on any atom is -0.373 e. The maximum atomic E-state index is 8.89. The molecule has 0 aliphatic carbocycles. The van der Waals surface area contributed by atoms with Gasteiger partial charge in [-0.25, -0.2) is 4.98 Å². The maximum Gasteiger partial charge on any atom is 0.125 e. The molecule has 2 aromatic heterocycles. The van der Waals surface area contributed by atoms with Gasteiger partial charge in [-0.2, -0.15) is 5.26 Å². The van der Waals surface area contributed by atoms with E-state index in [0.717, 1.165) is 11.4 Å². The lowest BCUT2D eigenvalue weighted by Crippen LogP contribution is -2.02. The first-order valence-corrected chi connectivity index (χ1v) is 5.01. The summed E-state index contributed by atoms with van der Waals surface area (Å²) in [5.41, 5.74) is 1.79. The Morgan fingerprint density at radius 1 is 1.50 bits per heavy atom. The van der Waals surface area contributed by atoms with Crippen LogP contribution in [0.15, 0.2) is 36.7 Å². The molecule has 2 heterocycles. The topological polar surface area (TPSA) is 53.6 Å². The average molecular weight is 212 g/mol. The molecular weight excluding hydrogens is 200 g/mol. The van der Waals surface area contributed by atoms with Crippen LogP contribution in [0.4, 0.5) is 5.82 Å². The van der Waals surface area contributed by atoms with E-state index >= 15 is 0 Å². The largest absolute Gasteiger partial charge is 0.373 e. The van der Waals surface area contributed by atoms with Crippen molar-refractivity contribution in [2.75, 3.05) is 12.4 Å². The van der Waals surface area contributed by atoms with Gasteiger partial charge in [0.25, 0.3) is 0 Å². The van der Waals surface area contributed by atoms with Gasteiger partial charge in [-0.05, 0) is 29.8 Å². The number of hydrogen-bond donors (Lipinski definition) is 1. The molecule has 0 aromatic carbocycles. The molecule has 0 saturated heterocycles. The summed E-state index contributed by atoms with van der Waals surface area (Å²) in [6.07, 6.45) is 3.66. The zero-order valence-corrected chi connectivity index (χ0v) is 9.01. The van der Waals surface area contributed by atoms with E-state index in [-0.39, 0.29) is 0 Å². The van der Waals surface area contributed by atoms with E-state index in [2.05, 4.69) is 16.4 Å². The average Bonchev–Trinajstić information content (AvgIpc) is 2.76. The van der Waals surface area contributed by atoms with Gasteiger partial charge in [0, 0.05) is 26.0 Å². The Labute approximate surface area is 94.2 Å². The first-order valence-electron chi connectivity index (χ1n) is 5.01. The van der Waals surface area contributed by atoms with Gasteiger partial charge in [0.1, 0.15) is 17.6 Å². The molecule has 0 fully saturated rings. The van der Waals surface area contributed by atoms with Gasteiger partial charge in [0.15, 0.2) is 0 Å². The quantitative estimate of drug-likeness (QED) is 0.844. The van der Waals surface area contributed by atoms with E-state index in [1.54, 1.807) is 12.3 Å². The number of rotatable bonds is 3. The van der Waals surface area contributed by atoms with Crippen molar-refractivity contribution in [1.82, 2.24) is 9.55 Å². The summed E-state index contributed by atoms with van der Waals surface area (Å²) >= 11 is 0. The normalized spacial score (nSPS) is 9.75. The van der Waals surface area contributed by atoms with Crippen molar-refractivity contribution in [3.8, 4) is 6.07 Å². The second kappa shape index (κ2) is 4.49. The van der Waals surface area contributed by atoms with Gasteiger partial charge < -0.3 is 9.88 Å². The maximum absolute atomic E-state index is 8.89. The highest BCUT2D eigenvalue weighted by Crippen LogP contribution is 2.10. The van der Waals surface area contributed by atoms with Crippen LogP contribution in [0.2, 0.25) is 0 Å². The van der Waals surface area contributed by atoms with Gasteiger partial charge in [-0.3, -0.25) is 0 Å². The Hall–Kier alpha value is -2.28. The fourth-order valence-electron chi connectivity index (χ4n) is 1.56. The van der Waals surface area contributed by atoms with Gasteiger partial charge in [-0.1, -0.05) is 0 Å². The van der Waals surface area contributed by atoms with Crippen molar-refractivity contribution in [3.63, 3.8) is 0 Å². The molecule has 0 aliphatic heterocycles. The molecule has 16 heavy (non-hydrogen) atoms. The Balaban J connectivity index is 2.24. The SMILES string of the molecule is CNc1cc(Cn2cccc2C#N)ccn1. The number of hydrogen-bond acceptors (Lipinski definition) is 3. The van der Waals surface area contributed by atoms with Crippen molar-refractivity contribution in [1.29, 1.82) is 5.26 Å². The number of nitriles is 1. The molecule has 0 saturated carbocycles. The summed E-state index contributed by atoms with van der Waals surface area (Å²) in [7, 11) is 1.84. The van der Waals surface area contributed by atoms with Crippen LogP contribution >= 0.6 is 0 Å². The monoisotopic (exact) mass is 212 g/mol. The second-order valence-electron chi connectivity index (χ2n) is 3.43. The number of nitrogens with one attached hydrogen (secondary N) is 1. The van der Waals surface area contributed by atoms with Crippen LogP contribution in [0, 0.1) is 11.3 Å². The van der Waals surface area contributed by atoms with Crippen LogP contribution in [-0.2, 0) is 6.54 Å². The lowest BCUT2D eigenvalue weighted by Gasteiger charge is -2.06. The summed E-state index contributed by atoms with van der Waals surface area (Å²) < 4.78 is 1.91. The molecule has 0 aliphatic rings. The van der Waals surface area contributed by atoms with Crippen LogP contribution < -0.4 is 5.32 Å². The van der Waals surface area contributed by atoms with E-state index in [1.807, 2.05) is 36.0 Å². The van der Waals surface area contributed by atoms with Crippen molar-refractivity contribution in [2.24, 2.45) is 0 Å². The molecule has 0 atom stereocenters. The fourth-order valence-corrected chi connectivity index (χ4v) is 1.56. The molecule has 0 radical (unpaired) electrons. The minimum atomic E-state index is 0.669. The molecule has 2 aromatic rings. The predicted molar refractivity (Wildman–Crippen MR) is 62.0 cm³/mol. The predicted octanol–water partition coefficient (Wildman–Crippen LogP) is 1.84. The first-order chi connectivity index (χ1) is 7.83. The van der Waals surface area contributed by atoms with Crippen LogP contribution in [0.5, 0.6) is 0 Å². The van der Waals surface area contributed by atoms with Crippen molar-refractivity contribution in [3.05, 3.63) is 47.9 Å². The van der Waals surface area contributed by atoms with E-state index in [9.17, 15) is 0 Å². The highest BCUT2D eigenvalue weighted by atomic mass is 15.0. The van der Waals surface area contributed by atoms with Crippen LogP contribution in [0.25, 0.3) is 0 Å². The van der Waals surface area contributed by atoms with Gasteiger partial charge in [0.2, 0.25) is 0 Å². The van der Waals surface area contributed by atoms with E-state index < -0.39 is 0 Å². The summed E-state index contributed by atoms with van der Waals surface area (Å²) in [6.45, 7) is 0.688. The van der Waals surface area contributed by atoms with E-state index in [1.165, 1.54) is 0 Å². The Morgan fingerprint density at radius 3 is 3.12 bits per heavy atom. The molecule has 1 N–H and O–H groups in total. The highest BCUT2D eigenvalue weighted by molar-refractivity contribution is 5.37. The summed E-state index contributed by atoms with van der Waals surface area (Å²) in [5, 5.41) is 11.9. The van der Waals surface area contributed by atoms with Crippen LogP contribution in [-0.4, -0.2) is 16.6 Å². The molecule has 80 valence electrons. The van der Waals surface area contributed by atoms with E-state index in [4.69, 9.17) is 5.26 Å². The Bertz CT molecular complexity index is 522. The minimum absolute atomic E-state index is 0.669. The Morgan fingerprint density at radius 2 is 2.38 bits per heavy atom. The highest BCUT2D eigenvalue weighted by Gasteiger charge is 2.01. The summed E-state index contributed by atoms with van der Waals surface area (Å²) in [5.74, 6) is 0.836. The number of nitrogens with zero attached hydrogens (tertiary/aromatic N) is 3. The molecule has 4 nitrogen and oxygen atoms in total.